The van der Waals surface area contributed by atoms with Crippen LogP contribution in [0.5, 0.6) is 5.75 Å². The average Bonchev–Trinajstić information content (AvgIpc) is 3.04. The smallest absolute Gasteiger partial charge is 0.420 e. The van der Waals surface area contributed by atoms with E-state index in [2.05, 4.69) is 20.2 Å². The number of rotatable bonds is 7. The van der Waals surface area contributed by atoms with Gasteiger partial charge in [0.05, 0.1) is 17.9 Å². The van der Waals surface area contributed by atoms with Gasteiger partial charge in [-0.25, -0.2) is 0 Å². The van der Waals surface area contributed by atoms with Crippen LogP contribution in [0, 0.1) is 6.92 Å². The minimum Gasteiger partial charge on any atom is -0.493 e. The van der Waals surface area contributed by atoms with Crippen LogP contribution in [0.15, 0.2) is 18.2 Å². The first-order chi connectivity index (χ1) is 13.2. The van der Waals surface area contributed by atoms with Crippen LogP contribution in [0.3, 0.4) is 0 Å². The number of alkyl halides is 3. The highest BCUT2D eigenvalue weighted by atomic mass is 32.1. The zero-order valence-corrected chi connectivity index (χ0v) is 16.9. The molecule has 0 radical (unpaired) electrons. The van der Waals surface area contributed by atoms with E-state index >= 15 is 0 Å². The molecule has 152 valence electrons. The molecule has 0 aliphatic heterocycles. The number of thiocarbonyl (C=S) groups is 1. The van der Waals surface area contributed by atoms with Crippen LogP contribution in [0.1, 0.15) is 47.1 Å². The monoisotopic (exact) mass is 432 g/mol. The molecule has 1 heterocycles. The van der Waals surface area contributed by atoms with Crippen molar-refractivity contribution in [3.8, 4) is 5.75 Å². The van der Waals surface area contributed by atoms with Crippen LogP contribution in [0.4, 0.5) is 18.9 Å². The quantitative estimate of drug-likeness (QED) is 0.493. The van der Waals surface area contributed by atoms with Gasteiger partial charge in [0.15, 0.2) is 5.11 Å². The van der Waals surface area contributed by atoms with Crippen molar-refractivity contribution in [2.45, 2.75) is 39.3 Å². The average molecular weight is 432 g/mol. The van der Waals surface area contributed by atoms with E-state index < -0.39 is 17.6 Å². The van der Waals surface area contributed by atoms with Crippen LogP contribution in [0.2, 0.25) is 0 Å². The molecule has 0 aliphatic carbocycles. The predicted molar refractivity (Wildman–Crippen MR) is 105 cm³/mol. The first-order valence-corrected chi connectivity index (χ1v) is 9.66. The SMILES string of the molecule is CCCCCOc1ccc(NC(=S)NC(=O)c2snnc2C)cc1C(F)(F)F. The molecule has 6 nitrogen and oxygen atoms in total. The first kappa shape index (κ1) is 22.0. The second kappa shape index (κ2) is 9.78. The summed E-state index contributed by atoms with van der Waals surface area (Å²) >= 11 is 5.91. The molecule has 2 N–H and O–H groups in total. The Kier molecular flexibility index (Phi) is 7.69. The summed E-state index contributed by atoms with van der Waals surface area (Å²) < 4.78 is 49.0. The molecule has 0 fully saturated rings. The van der Waals surface area contributed by atoms with Gasteiger partial charge in [-0.3, -0.25) is 10.1 Å². The molecule has 11 heteroatoms. The van der Waals surface area contributed by atoms with Gasteiger partial charge >= 0.3 is 6.18 Å². The third-order valence-electron chi connectivity index (χ3n) is 3.63. The van der Waals surface area contributed by atoms with Gasteiger partial charge < -0.3 is 10.1 Å². The summed E-state index contributed by atoms with van der Waals surface area (Å²) in [5, 5.41) is 8.55. The number of nitrogens with one attached hydrogen (secondary N) is 2. The van der Waals surface area contributed by atoms with Gasteiger partial charge in [-0.05, 0) is 55.3 Å². The molecule has 0 saturated heterocycles. The summed E-state index contributed by atoms with van der Waals surface area (Å²) in [6.07, 6.45) is -2.09. The van der Waals surface area contributed by atoms with Gasteiger partial charge in [0.25, 0.3) is 5.91 Å². The Morgan fingerprint density at radius 1 is 1.32 bits per heavy atom. The number of ether oxygens (including phenoxy) is 1. The number of hydrogen-bond donors (Lipinski definition) is 2. The highest BCUT2D eigenvalue weighted by Crippen LogP contribution is 2.38. The number of carbonyl (C=O) groups is 1. The molecular formula is C17H19F3N4O2S2. The lowest BCUT2D eigenvalue weighted by molar-refractivity contribution is -0.138. The Labute approximate surface area is 169 Å². The molecular weight excluding hydrogens is 413 g/mol. The number of nitrogens with zero attached hydrogens (tertiary/aromatic N) is 2. The molecule has 2 aromatic rings. The van der Waals surface area contributed by atoms with E-state index in [1.807, 2.05) is 6.92 Å². The van der Waals surface area contributed by atoms with Crippen molar-refractivity contribution in [2.24, 2.45) is 0 Å². The van der Waals surface area contributed by atoms with Crippen LogP contribution in [0.25, 0.3) is 0 Å². The first-order valence-electron chi connectivity index (χ1n) is 8.47. The minimum atomic E-state index is -4.59. The summed E-state index contributed by atoms with van der Waals surface area (Å²) in [7, 11) is 0. The Balaban J connectivity index is 2.07. The maximum Gasteiger partial charge on any atom is 0.420 e. The third-order valence-corrected chi connectivity index (χ3v) is 4.66. The van der Waals surface area contributed by atoms with Crippen LogP contribution in [-0.2, 0) is 6.18 Å². The zero-order chi connectivity index (χ0) is 20.7. The normalized spacial score (nSPS) is 11.2. The molecule has 1 amide bonds. The number of benzene rings is 1. The summed E-state index contributed by atoms with van der Waals surface area (Å²) in [6.45, 7) is 3.82. The van der Waals surface area contributed by atoms with E-state index in [4.69, 9.17) is 17.0 Å². The predicted octanol–water partition coefficient (Wildman–Crippen LogP) is 4.56. The van der Waals surface area contributed by atoms with E-state index in [1.165, 1.54) is 12.1 Å². The second-order valence-corrected chi connectivity index (χ2v) is 7.02. The number of carbonyl (C=O) groups excluding carboxylic acids is 1. The lowest BCUT2D eigenvalue weighted by Gasteiger charge is -2.16. The molecule has 0 saturated carbocycles. The van der Waals surface area contributed by atoms with Crippen molar-refractivity contribution in [3.05, 3.63) is 34.3 Å². The summed E-state index contributed by atoms with van der Waals surface area (Å²) in [5.41, 5.74) is -0.391. The maximum absolute atomic E-state index is 13.4. The van der Waals surface area contributed by atoms with Crippen LogP contribution >= 0.6 is 23.8 Å². The number of halogens is 3. The molecule has 1 aromatic carbocycles. The topological polar surface area (TPSA) is 76.1 Å². The fourth-order valence-corrected chi connectivity index (χ4v) is 3.01. The minimum absolute atomic E-state index is 0.0812. The summed E-state index contributed by atoms with van der Waals surface area (Å²) in [5.74, 6) is -0.771. The van der Waals surface area contributed by atoms with Gasteiger partial charge in [-0.15, -0.1) is 5.10 Å². The largest absolute Gasteiger partial charge is 0.493 e. The summed E-state index contributed by atoms with van der Waals surface area (Å²) in [6, 6.07) is 3.54. The van der Waals surface area contributed by atoms with E-state index in [1.54, 1.807) is 6.92 Å². The zero-order valence-electron chi connectivity index (χ0n) is 15.2. The number of aryl methyl sites for hydroxylation is 1. The van der Waals surface area contributed by atoms with Crippen molar-refractivity contribution in [3.63, 3.8) is 0 Å². The standard InChI is InChI=1S/C17H19F3N4O2S2/c1-3-4-5-8-26-13-7-6-11(9-12(13)17(18,19)20)21-16(27)22-15(25)14-10(2)23-24-28-14/h6-7,9H,3-5,8H2,1-2H3,(H2,21,22,25,27). The lowest BCUT2D eigenvalue weighted by atomic mass is 10.1. The van der Waals surface area contributed by atoms with E-state index in [0.717, 1.165) is 30.4 Å². The molecule has 0 spiro atoms. The molecule has 0 aliphatic rings. The Bertz CT molecular complexity index is 840. The van der Waals surface area contributed by atoms with Crippen LogP contribution in [-0.4, -0.2) is 27.2 Å². The third kappa shape index (κ3) is 6.13. The number of amides is 1. The number of aromatic nitrogens is 2. The lowest BCUT2D eigenvalue weighted by Crippen LogP contribution is -2.34. The number of hydrogen-bond acceptors (Lipinski definition) is 6. The number of unbranched alkanes of at least 4 members (excludes halogenated alkanes) is 2. The highest BCUT2D eigenvalue weighted by Gasteiger charge is 2.34. The highest BCUT2D eigenvalue weighted by molar-refractivity contribution is 7.80. The molecule has 2 rings (SSSR count). The fourth-order valence-electron chi connectivity index (χ4n) is 2.25. The second-order valence-electron chi connectivity index (χ2n) is 5.86. The van der Waals surface area contributed by atoms with Crippen molar-refractivity contribution >= 4 is 40.5 Å². The summed E-state index contributed by atoms with van der Waals surface area (Å²) in [4.78, 5) is 12.3. The van der Waals surface area contributed by atoms with Gasteiger partial charge in [0.2, 0.25) is 0 Å². The molecule has 0 atom stereocenters. The maximum atomic E-state index is 13.4. The van der Waals surface area contributed by atoms with Crippen molar-refractivity contribution in [1.29, 1.82) is 0 Å². The molecule has 1 aromatic heterocycles. The Hall–Kier alpha value is -2.27. The molecule has 0 unspecified atom stereocenters. The molecule has 0 bridgehead atoms. The van der Waals surface area contributed by atoms with Gasteiger partial charge in [-0.1, -0.05) is 24.3 Å². The van der Waals surface area contributed by atoms with Crippen molar-refractivity contribution in [2.75, 3.05) is 11.9 Å². The fraction of sp³-hybridized carbons (Fsp3) is 0.412. The van der Waals surface area contributed by atoms with Crippen LogP contribution < -0.4 is 15.4 Å². The van der Waals surface area contributed by atoms with Gasteiger partial charge in [0.1, 0.15) is 10.6 Å². The van der Waals surface area contributed by atoms with E-state index in [0.29, 0.717) is 12.1 Å². The van der Waals surface area contributed by atoms with Gasteiger partial charge in [-0.2, -0.15) is 13.2 Å². The van der Waals surface area contributed by atoms with Gasteiger partial charge in [0, 0.05) is 5.69 Å². The van der Waals surface area contributed by atoms with Crippen molar-refractivity contribution < 1.29 is 22.7 Å². The Morgan fingerprint density at radius 3 is 2.68 bits per heavy atom. The Morgan fingerprint density at radius 2 is 2.07 bits per heavy atom. The number of anilines is 1. The molecule has 28 heavy (non-hydrogen) atoms. The van der Waals surface area contributed by atoms with Crippen molar-refractivity contribution in [1.82, 2.24) is 14.9 Å². The van der Waals surface area contributed by atoms with E-state index in [9.17, 15) is 18.0 Å². The van der Waals surface area contributed by atoms with E-state index in [-0.39, 0.29) is 28.0 Å².